The molecule has 0 amide bonds. The van der Waals surface area contributed by atoms with Gasteiger partial charge in [0.05, 0.1) is 0 Å². The molecule has 0 aliphatic carbocycles. The average Bonchev–Trinajstić information content (AvgIpc) is 2.83. The molecule has 1 aromatic rings. The van der Waals surface area contributed by atoms with E-state index in [2.05, 4.69) is 12.2 Å². The third-order valence-corrected chi connectivity index (χ3v) is 4.15. The minimum Gasteiger partial charge on any atom is -0.316 e. The lowest BCUT2D eigenvalue weighted by Gasteiger charge is -2.36. The van der Waals surface area contributed by atoms with Crippen molar-refractivity contribution in [2.45, 2.75) is 32.6 Å². The Labute approximate surface area is 101 Å². The fourth-order valence-electron chi connectivity index (χ4n) is 2.67. The van der Waals surface area contributed by atoms with Crippen LogP contribution >= 0.6 is 11.3 Å². The summed E-state index contributed by atoms with van der Waals surface area (Å²) in [5, 5.41) is 7.36. The number of hydrogen-bond donors (Lipinski definition) is 1. The van der Waals surface area contributed by atoms with Crippen molar-refractivity contribution in [3.05, 3.63) is 22.4 Å². The Bertz CT molecular complexity index is 333. The quantitative estimate of drug-likeness (QED) is 0.815. The van der Waals surface area contributed by atoms with Crippen molar-refractivity contribution in [1.29, 1.82) is 0 Å². The molecule has 0 radical (unpaired) electrons. The van der Waals surface area contributed by atoms with Crippen LogP contribution in [0, 0.1) is 5.41 Å². The van der Waals surface area contributed by atoms with Gasteiger partial charge < -0.3 is 5.32 Å². The highest BCUT2D eigenvalue weighted by Crippen LogP contribution is 2.35. The summed E-state index contributed by atoms with van der Waals surface area (Å²) in [5.74, 6) is 0.350. The van der Waals surface area contributed by atoms with Gasteiger partial charge in [-0.15, -0.1) is 0 Å². The number of carbonyl (C=O) groups is 1. The highest BCUT2D eigenvalue weighted by Gasteiger charge is 2.38. The molecule has 1 saturated heterocycles. The number of rotatable bonds is 4. The zero-order chi connectivity index (χ0) is 11.4. The molecule has 2 nitrogen and oxygen atoms in total. The van der Waals surface area contributed by atoms with Crippen LogP contribution in [0.2, 0.25) is 0 Å². The van der Waals surface area contributed by atoms with Crippen LogP contribution < -0.4 is 5.32 Å². The van der Waals surface area contributed by atoms with Crippen molar-refractivity contribution in [3.63, 3.8) is 0 Å². The summed E-state index contributed by atoms with van der Waals surface area (Å²) in [6.07, 6.45) is 4.25. The predicted octanol–water partition coefficient (Wildman–Crippen LogP) is 3.10. The Morgan fingerprint density at radius 3 is 3.06 bits per heavy atom. The minimum atomic E-state index is -0.131. The van der Waals surface area contributed by atoms with E-state index in [1.165, 1.54) is 0 Å². The van der Waals surface area contributed by atoms with E-state index in [0.717, 1.165) is 44.3 Å². The topological polar surface area (TPSA) is 29.1 Å². The van der Waals surface area contributed by atoms with Gasteiger partial charge in [-0.2, -0.15) is 11.3 Å². The summed E-state index contributed by atoms with van der Waals surface area (Å²) in [4.78, 5) is 12.5. The fraction of sp³-hybridized carbons (Fsp3) is 0.615. The van der Waals surface area contributed by atoms with Crippen LogP contribution in [0.4, 0.5) is 0 Å². The van der Waals surface area contributed by atoms with Crippen LogP contribution in [0.3, 0.4) is 0 Å². The van der Waals surface area contributed by atoms with Gasteiger partial charge in [0.25, 0.3) is 0 Å². The summed E-state index contributed by atoms with van der Waals surface area (Å²) in [5.41, 5.74) is 0.774. The van der Waals surface area contributed by atoms with Gasteiger partial charge in [-0.25, -0.2) is 0 Å². The summed E-state index contributed by atoms with van der Waals surface area (Å²) in [6.45, 7) is 4.08. The van der Waals surface area contributed by atoms with Crippen LogP contribution in [0.5, 0.6) is 0 Å². The van der Waals surface area contributed by atoms with E-state index in [1.807, 2.05) is 16.8 Å². The van der Waals surface area contributed by atoms with Gasteiger partial charge in [-0.1, -0.05) is 13.3 Å². The standard InChI is InChI=1S/C13H19NOS/c1-2-5-13(6-3-7-14-10-13)12(15)11-4-8-16-9-11/h4,8-9,14H,2-3,5-7,10H2,1H3. The lowest BCUT2D eigenvalue weighted by Crippen LogP contribution is -2.45. The van der Waals surface area contributed by atoms with Crippen molar-refractivity contribution >= 4 is 17.1 Å². The second kappa shape index (κ2) is 5.11. The summed E-state index contributed by atoms with van der Waals surface area (Å²) < 4.78 is 0. The van der Waals surface area contributed by atoms with E-state index >= 15 is 0 Å². The lowest BCUT2D eigenvalue weighted by atomic mass is 9.72. The first-order valence-corrected chi connectivity index (χ1v) is 7.00. The number of piperidine rings is 1. The van der Waals surface area contributed by atoms with Crippen molar-refractivity contribution in [2.75, 3.05) is 13.1 Å². The first-order chi connectivity index (χ1) is 7.78. The second-order valence-corrected chi connectivity index (χ2v) is 5.43. The molecule has 1 fully saturated rings. The Morgan fingerprint density at radius 2 is 2.50 bits per heavy atom. The molecule has 1 aromatic heterocycles. The molecule has 0 aromatic carbocycles. The zero-order valence-corrected chi connectivity index (χ0v) is 10.6. The molecule has 1 unspecified atom stereocenters. The highest BCUT2D eigenvalue weighted by atomic mass is 32.1. The fourth-order valence-corrected chi connectivity index (χ4v) is 3.30. The molecule has 2 rings (SSSR count). The molecule has 3 heteroatoms. The van der Waals surface area contributed by atoms with Gasteiger partial charge in [0, 0.05) is 22.9 Å². The Morgan fingerprint density at radius 1 is 1.62 bits per heavy atom. The number of hydrogen-bond acceptors (Lipinski definition) is 3. The highest BCUT2D eigenvalue weighted by molar-refractivity contribution is 7.08. The number of ketones is 1. The smallest absolute Gasteiger partial charge is 0.171 e. The van der Waals surface area contributed by atoms with E-state index in [-0.39, 0.29) is 5.41 Å². The third kappa shape index (κ3) is 2.20. The molecule has 2 heterocycles. The molecule has 16 heavy (non-hydrogen) atoms. The number of carbonyl (C=O) groups excluding carboxylic acids is 1. The predicted molar refractivity (Wildman–Crippen MR) is 68.1 cm³/mol. The molecule has 1 atom stereocenters. The summed E-state index contributed by atoms with van der Waals surface area (Å²) >= 11 is 1.61. The number of Topliss-reactive ketones (excluding diaryl/α,β-unsaturated/α-hetero) is 1. The van der Waals surface area contributed by atoms with Gasteiger partial charge in [-0.3, -0.25) is 4.79 Å². The Hall–Kier alpha value is -0.670. The maximum atomic E-state index is 12.5. The SMILES string of the molecule is CCCC1(C(=O)c2ccsc2)CCCNC1. The molecule has 1 aliphatic rings. The first-order valence-electron chi connectivity index (χ1n) is 6.06. The molecule has 1 N–H and O–H groups in total. The van der Waals surface area contributed by atoms with Crippen LogP contribution in [0.15, 0.2) is 16.8 Å². The normalized spacial score (nSPS) is 25.6. The average molecular weight is 237 g/mol. The van der Waals surface area contributed by atoms with Gasteiger partial charge >= 0.3 is 0 Å². The van der Waals surface area contributed by atoms with E-state index < -0.39 is 0 Å². The zero-order valence-electron chi connectivity index (χ0n) is 9.79. The number of nitrogens with one attached hydrogen (secondary N) is 1. The molecular formula is C13H19NOS. The molecular weight excluding hydrogens is 218 g/mol. The Kier molecular flexibility index (Phi) is 3.77. The van der Waals surface area contributed by atoms with Crippen molar-refractivity contribution in [1.82, 2.24) is 5.32 Å². The first kappa shape index (κ1) is 11.8. The summed E-state index contributed by atoms with van der Waals surface area (Å²) in [6, 6.07) is 1.96. The van der Waals surface area contributed by atoms with Crippen LogP contribution in [0.1, 0.15) is 43.0 Å². The molecule has 0 bridgehead atoms. The minimum absolute atomic E-state index is 0.131. The molecule has 0 saturated carbocycles. The maximum Gasteiger partial charge on any atom is 0.171 e. The molecule has 88 valence electrons. The number of thiophene rings is 1. The van der Waals surface area contributed by atoms with E-state index in [1.54, 1.807) is 11.3 Å². The third-order valence-electron chi connectivity index (χ3n) is 3.47. The van der Waals surface area contributed by atoms with Crippen LogP contribution in [-0.4, -0.2) is 18.9 Å². The van der Waals surface area contributed by atoms with Crippen molar-refractivity contribution < 1.29 is 4.79 Å². The largest absolute Gasteiger partial charge is 0.316 e. The van der Waals surface area contributed by atoms with Crippen LogP contribution in [-0.2, 0) is 0 Å². The van der Waals surface area contributed by atoms with Crippen LogP contribution in [0.25, 0.3) is 0 Å². The monoisotopic (exact) mass is 237 g/mol. The van der Waals surface area contributed by atoms with Gasteiger partial charge in [0.2, 0.25) is 0 Å². The van der Waals surface area contributed by atoms with Crippen molar-refractivity contribution in [3.8, 4) is 0 Å². The summed E-state index contributed by atoms with van der Waals surface area (Å²) in [7, 11) is 0. The molecule has 1 aliphatic heterocycles. The van der Waals surface area contributed by atoms with Gasteiger partial charge in [-0.05, 0) is 37.3 Å². The van der Waals surface area contributed by atoms with E-state index in [4.69, 9.17) is 0 Å². The van der Waals surface area contributed by atoms with Gasteiger partial charge in [0.1, 0.15) is 0 Å². The van der Waals surface area contributed by atoms with E-state index in [0.29, 0.717) is 5.78 Å². The van der Waals surface area contributed by atoms with Crippen molar-refractivity contribution in [2.24, 2.45) is 5.41 Å². The molecule has 0 spiro atoms. The second-order valence-electron chi connectivity index (χ2n) is 4.65. The lowest BCUT2D eigenvalue weighted by molar-refractivity contribution is 0.0718. The maximum absolute atomic E-state index is 12.5. The van der Waals surface area contributed by atoms with Gasteiger partial charge in [0.15, 0.2) is 5.78 Å². The Balaban J connectivity index is 2.21. The van der Waals surface area contributed by atoms with E-state index in [9.17, 15) is 4.79 Å².